The van der Waals surface area contributed by atoms with E-state index in [1.165, 1.54) is 19.2 Å². The first-order valence-corrected chi connectivity index (χ1v) is 8.50. The van der Waals surface area contributed by atoms with Crippen LogP contribution in [-0.2, 0) is 11.3 Å². The SMILES string of the molecule is COc1cc(N)c(Cl)cc1C(=O)NCc1ccc(NC(=O)C(C)C)cc1. The molecule has 0 fully saturated rings. The van der Waals surface area contributed by atoms with E-state index in [-0.39, 0.29) is 17.7 Å². The maximum absolute atomic E-state index is 12.4. The van der Waals surface area contributed by atoms with Gasteiger partial charge in [-0.1, -0.05) is 37.6 Å². The molecule has 2 aromatic rings. The Hall–Kier alpha value is -2.73. The first-order chi connectivity index (χ1) is 12.3. The Kier molecular flexibility index (Phi) is 6.46. The topological polar surface area (TPSA) is 93.4 Å². The number of anilines is 2. The molecule has 2 aromatic carbocycles. The Morgan fingerprint density at radius 1 is 1.19 bits per heavy atom. The lowest BCUT2D eigenvalue weighted by Crippen LogP contribution is -2.23. The number of carbonyl (C=O) groups is 2. The van der Waals surface area contributed by atoms with E-state index in [0.29, 0.717) is 34.3 Å². The highest BCUT2D eigenvalue weighted by atomic mass is 35.5. The van der Waals surface area contributed by atoms with Gasteiger partial charge in [0.25, 0.3) is 5.91 Å². The van der Waals surface area contributed by atoms with Gasteiger partial charge < -0.3 is 21.1 Å². The van der Waals surface area contributed by atoms with Crippen molar-refractivity contribution in [2.45, 2.75) is 20.4 Å². The second kappa shape index (κ2) is 8.58. The monoisotopic (exact) mass is 375 g/mol. The molecule has 0 saturated carbocycles. The first kappa shape index (κ1) is 19.6. The summed E-state index contributed by atoms with van der Waals surface area (Å²) in [6.07, 6.45) is 0. The molecule has 0 atom stereocenters. The lowest BCUT2D eigenvalue weighted by atomic mass is 10.1. The third-order valence-corrected chi connectivity index (χ3v) is 4.09. The Morgan fingerprint density at radius 2 is 1.85 bits per heavy atom. The van der Waals surface area contributed by atoms with Gasteiger partial charge in [-0.3, -0.25) is 9.59 Å². The fourth-order valence-corrected chi connectivity index (χ4v) is 2.35. The molecule has 2 rings (SSSR count). The Morgan fingerprint density at radius 3 is 2.42 bits per heavy atom. The first-order valence-electron chi connectivity index (χ1n) is 8.12. The van der Waals surface area contributed by atoms with Crippen LogP contribution in [0.1, 0.15) is 29.8 Å². The summed E-state index contributed by atoms with van der Waals surface area (Å²) in [5, 5.41) is 5.92. The predicted octanol–water partition coefficient (Wildman–Crippen LogP) is 3.46. The molecule has 0 aliphatic heterocycles. The van der Waals surface area contributed by atoms with E-state index in [4.69, 9.17) is 22.1 Å². The highest BCUT2D eigenvalue weighted by Gasteiger charge is 2.15. The molecule has 0 radical (unpaired) electrons. The number of benzene rings is 2. The molecule has 0 unspecified atom stereocenters. The number of hydrogen-bond acceptors (Lipinski definition) is 4. The van der Waals surface area contributed by atoms with Gasteiger partial charge in [0, 0.05) is 24.2 Å². The predicted molar refractivity (Wildman–Crippen MR) is 103 cm³/mol. The second-order valence-electron chi connectivity index (χ2n) is 6.10. The zero-order valence-electron chi connectivity index (χ0n) is 14.9. The molecular formula is C19H22ClN3O3. The van der Waals surface area contributed by atoms with Gasteiger partial charge in [-0.25, -0.2) is 0 Å². The fourth-order valence-electron chi connectivity index (χ4n) is 2.19. The van der Waals surface area contributed by atoms with E-state index < -0.39 is 0 Å². The molecule has 0 heterocycles. The number of carbonyl (C=O) groups excluding carboxylic acids is 2. The highest BCUT2D eigenvalue weighted by Crippen LogP contribution is 2.28. The van der Waals surface area contributed by atoms with Crippen LogP contribution in [0, 0.1) is 5.92 Å². The number of nitrogen functional groups attached to an aromatic ring is 1. The largest absolute Gasteiger partial charge is 0.496 e. The maximum Gasteiger partial charge on any atom is 0.255 e. The molecule has 4 N–H and O–H groups in total. The normalized spacial score (nSPS) is 10.5. The molecule has 0 aromatic heterocycles. The summed E-state index contributed by atoms with van der Waals surface area (Å²) in [5.74, 6) is -0.0915. The van der Waals surface area contributed by atoms with Crippen molar-refractivity contribution in [3.8, 4) is 5.75 Å². The van der Waals surface area contributed by atoms with E-state index in [0.717, 1.165) is 5.56 Å². The van der Waals surface area contributed by atoms with Gasteiger partial charge in [0.1, 0.15) is 5.75 Å². The smallest absolute Gasteiger partial charge is 0.255 e. The minimum absolute atomic E-state index is 0.0432. The van der Waals surface area contributed by atoms with Crippen molar-refractivity contribution in [2.24, 2.45) is 5.92 Å². The summed E-state index contributed by atoms with van der Waals surface area (Å²) in [4.78, 5) is 24.1. The molecule has 7 heteroatoms. The van der Waals surface area contributed by atoms with E-state index in [2.05, 4.69) is 10.6 Å². The molecule has 2 amide bonds. The average Bonchev–Trinajstić information content (AvgIpc) is 2.62. The van der Waals surface area contributed by atoms with Crippen molar-refractivity contribution in [1.29, 1.82) is 0 Å². The number of rotatable bonds is 6. The van der Waals surface area contributed by atoms with E-state index in [9.17, 15) is 9.59 Å². The number of hydrogen-bond donors (Lipinski definition) is 3. The second-order valence-corrected chi connectivity index (χ2v) is 6.50. The van der Waals surface area contributed by atoms with Gasteiger partial charge in [0.05, 0.1) is 23.4 Å². The fraction of sp³-hybridized carbons (Fsp3) is 0.263. The standard InChI is InChI=1S/C19H22ClN3O3/c1-11(2)18(24)23-13-6-4-12(5-7-13)10-22-19(25)14-8-15(20)16(21)9-17(14)26-3/h4-9,11H,10,21H2,1-3H3,(H,22,25)(H,23,24). The van der Waals surface area contributed by atoms with Gasteiger partial charge in [-0.2, -0.15) is 0 Å². The van der Waals surface area contributed by atoms with Crippen molar-refractivity contribution in [3.63, 3.8) is 0 Å². The van der Waals surface area contributed by atoms with Gasteiger partial charge in [0.2, 0.25) is 5.91 Å². The number of nitrogens with two attached hydrogens (primary N) is 1. The molecule has 0 saturated heterocycles. The van der Waals surface area contributed by atoms with Crippen molar-refractivity contribution in [3.05, 3.63) is 52.5 Å². The van der Waals surface area contributed by atoms with Crippen molar-refractivity contribution in [1.82, 2.24) is 5.32 Å². The molecule has 6 nitrogen and oxygen atoms in total. The van der Waals surface area contributed by atoms with Crippen molar-refractivity contribution >= 4 is 34.8 Å². The summed E-state index contributed by atoms with van der Waals surface area (Å²) in [7, 11) is 1.46. The van der Waals surface area contributed by atoms with Crippen LogP contribution in [0.3, 0.4) is 0 Å². The minimum Gasteiger partial charge on any atom is -0.496 e. The summed E-state index contributed by atoms with van der Waals surface area (Å²) < 4.78 is 5.19. The molecule has 26 heavy (non-hydrogen) atoms. The van der Waals surface area contributed by atoms with Crippen LogP contribution in [0.5, 0.6) is 5.75 Å². The van der Waals surface area contributed by atoms with Gasteiger partial charge in [-0.05, 0) is 23.8 Å². The number of halogens is 1. The molecule has 138 valence electrons. The van der Waals surface area contributed by atoms with E-state index in [1.807, 2.05) is 26.0 Å². The Balaban J connectivity index is 2.02. The lowest BCUT2D eigenvalue weighted by Gasteiger charge is -2.12. The highest BCUT2D eigenvalue weighted by molar-refractivity contribution is 6.33. The third kappa shape index (κ3) is 4.89. The van der Waals surface area contributed by atoms with E-state index >= 15 is 0 Å². The molecule has 0 bridgehead atoms. The lowest BCUT2D eigenvalue weighted by molar-refractivity contribution is -0.118. The average molecular weight is 376 g/mol. The molecule has 0 spiro atoms. The van der Waals surface area contributed by atoms with E-state index in [1.54, 1.807) is 12.1 Å². The Bertz CT molecular complexity index is 804. The van der Waals surface area contributed by atoms with Crippen LogP contribution < -0.4 is 21.1 Å². The van der Waals surface area contributed by atoms with Crippen LogP contribution in [0.15, 0.2) is 36.4 Å². The van der Waals surface area contributed by atoms with Gasteiger partial charge in [0.15, 0.2) is 0 Å². The van der Waals surface area contributed by atoms with Crippen LogP contribution in [0.4, 0.5) is 11.4 Å². The van der Waals surface area contributed by atoms with Gasteiger partial charge >= 0.3 is 0 Å². The maximum atomic E-state index is 12.4. The Labute approximate surface area is 157 Å². The quantitative estimate of drug-likeness (QED) is 0.674. The van der Waals surface area contributed by atoms with Crippen LogP contribution in [0.25, 0.3) is 0 Å². The number of amides is 2. The summed E-state index contributed by atoms with van der Waals surface area (Å²) in [5.41, 5.74) is 7.99. The number of methoxy groups -OCH3 is 1. The number of ether oxygens (including phenoxy) is 1. The third-order valence-electron chi connectivity index (χ3n) is 3.76. The van der Waals surface area contributed by atoms with Gasteiger partial charge in [-0.15, -0.1) is 0 Å². The number of nitrogens with one attached hydrogen (secondary N) is 2. The minimum atomic E-state index is -0.319. The van der Waals surface area contributed by atoms with Crippen LogP contribution in [0.2, 0.25) is 5.02 Å². The molecular weight excluding hydrogens is 354 g/mol. The van der Waals surface area contributed by atoms with Crippen LogP contribution >= 0.6 is 11.6 Å². The summed E-state index contributed by atoms with van der Waals surface area (Å²) in [6, 6.07) is 10.3. The van der Waals surface area contributed by atoms with Crippen LogP contribution in [-0.4, -0.2) is 18.9 Å². The summed E-state index contributed by atoms with van der Waals surface area (Å²) >= 11 is 5.99. The zero-order chi connectivity index (χ0) is 19.3. The van der Waals surface area contributed by atoms with Crippen molar-refractivity contribution in [2.75, 3.05) is 18.2 Å². The summed E-state index contributed by atoms with van der Waals surface area (Å²) in [6.45, 7) is 3.98. The zero-order valence-corrected chi connectivity index (χ0v) is 15.7. The molecule has 0 aliphatic rings. The molecule has 0 aliphatic carbocycles. The van der Waals surface area contributed by atoms with Crippen molar-refractivity contribution < 1.29 is 14.3 Å².